The fourth-order valence-electron chi connectivity index (χ4n) is 3.38. The van der Waals surface area contributed by atoms with Gasteiger partial charge in [0, 0.05) is 10.9 Å². The molecule has 0 unspecified atom stereocenters. The SMILES string of the molecule is Cc1cc(C)c(-c2csc(NC(=O)CN3C(=O)c4ccccc4C3=O)n2)cc1C. The van der Waals surface area contributed by atoms with Gasteiger partial charge in [-0.15, -0.1) is 11.3 Å². The Morgan fingerprint density at radius 3 is 2.24 bits per heavy atom. The number of hydrogen-bond donors (Lipinski definition) is 1. The number of benzene rings is 2. The van der Waals surface area contributed by atoms with Crippen molar-refractivity contribution in [2.75, 3.05) is 11.9 Å². The number of aromatic nitrogens is 1. The Labute approximate surface area is 172 Å². The Morgan fingerprint density at radius 2 is 1.59 bits per heavy atom. The van der Waals surface area contributed by atoms with E-state index in [1.54, 1.807) is 24.3 Å². The van der Waals surface area contributed by atoms with E-state index in [0.29, 0.717) is 16.3 Å². The second kappa shape index (κ2) is 7.25. The predicted octanol–water partition coefficient (Wildman–Crippen LogP) is 3.97. The van der Waals surface area contributed by atoms with E-state index in [-0.39, 0.29) is 6.54 Å². The van der Waals surface area contributed by atoms with Crippen molar-refractivity contribution in [2.45, 2.75) is 20.8 Å². The molecule has 7 heteroatoms. The van der Waals surface area contributed by atoms with Gasteiger partial charge in [-0.25, -0.2) is 4.98 Å². The highest BCUT2D eigenvalue weighted by Gasteiger charge is 2.36. The smallest absolute Gasteiger partial charge is 0.262 e. The number of fused-ring (bicyclic) bond motifs is 1. The van der Waals surface area contributed by atoms with Gasteiger partial charge in [-0.2, -0.15) is 0 Å². The molecule has 1 N–H and O–H groups in total. The summed E-state index contributed by atoms with van der Waals surface area (Å²) in [4.78, 5) is 42.7. The van der Waals surface area contributed by atoms with Gasteiger partial charge in [0.25, 0.3) is 11.8 Å². The van der Waals surface area contributed by atoms with Crippen LogP contribution in [0.2, 0.25) is 0 Å². The Morgan fingerprint density at radius 1 is 0.966 bits per heavy atom. The first-order chi connectivity index (χ1) is 13.8. The molecule has 3 amide bonds. The fraction of sp³-hybridized carbons (Fsp3) is 0.182. The van der Waals surface area contributed by atoms with E-state index in [4.69, 9.17) is 0 Å². The average Bonchev–Trinajstić information content (AvgIpc) is 3.24. The van der Waals surface area contributed by atoms with Gasteiger partial charge >= 0.3 is 0 Å². The van der Waals surface area contributed by atoms with E-state index in [9.17, 15) is 14.4 Å². The van der Waals surface area contributed by atoms with Crippen molar-refractivity contribution in [3.8, 4) is 11.3 Å². The summed E-state index contributed by atoms with van der Waals surface area (Å²) in [6.07, 6.45) is 0. The quantitative estimate of drug-likeness (QED) is 0.666. The van der Waals surface area contributed by atoms with Crippen molar-refractivity contribution in [3.63, 3.8) is 0 Å². The normalized spacial score (nSPS) is 13.0. The number of hydrogen-bond acceptors (Lipinski definition) is 5. The summed E-state index contributed by atoms with van der Waals surface area (Å²) in [7, 11) is 0. The lowest BCUT2D eigenvalue weighted by Gasteiger charge is -2.12. The fourth-order valence-corrected chi connectivity index (χ4v) is 4.10. The van der Waals surface area contributed by atoms with Crippen LogP contribution in [-0.2, 0) is 4.79 Å². The number of carbonyl (C=O) groups is 3. The van der Waals surface area contributed by atoms with E-state index >= 15 is 0 Å². The number of amides is 3. The number of anilines is 1. The number of rotatable bonds is 4. The van der Waals surface area contributed by atoms with Crippen LogP contribution in [-0.4, -0.2) is 34.2 Å². The molecule has 1 aromatic heterocycles. The van der Waals surface area contributed by atoms with E-state index < -0.39 is 17.7 Å². The maximum atomic E-state index is 12.4. The molecule has 0 bridgehead atoms. The number of imide groups is 1. The highest BCUT2D eigenvalue weighted by atomic mass is 32.1. The summed E-state index contributed by atoms with van der Waals surface area (Å²) in [6.45, 7) is 5.80. The third-order valence-electron chi connectivity index (χ3n) is 5.05. The standard InChI is InChI=1S/C22H19N3O3S/c1-12-8-14(3)17(9-13(12)2)18-11-29-22(23-18)24-19(26)10-25-20(27)15-6-4-5-7-16(15)21(25)28/h4-9,11H,10H2,1-3H3,(H,23,24,26). The molecule has 2 aromatic carbocycles. The summed E-state index contributed by atoms with van der Waals surface area (Å²) in [6, 6.07) is 10.8. The Bertz CT molecular complexity index is 1130. The van der Waals surface area contributed by atoms with Crippen LogP contribution in [0.15, 0.2) is 41.8 Å². The van der Waals surface area contributed by atoms with Crippen LogP contribution in [0.3, 0.4) is 0 Å². The first-order valence-corrected chi connectivity index (χ1v) is 10.0. The van der Waals surface area contributed by atoms with Crippen molar-refractivity contribution >= 4 is 34.2 Å². The Balaban J connectivity index is 1.48. The molecule has 2 heterocycles. The lowest BCUT2D eigenvalue weighted by Crippen LogP contribution is -2.37. The number of carbonyl (C=O) groups excluding carboxylic acids is 3. The Hall–Kier alpha value is -3.32. The van der Waals surface area contributed by atoms with Crippen LogP contribution in [0, 0.1) is 20.8 Å². The van der Waals surface area contributed by atoms with Gasteiger partial charge in [-0.05, 0) is 55.7 Å². The zero-order valence-corrected chi connectivity index (χ0v) is 17.1. The second-order valence-corrected chi connectivity index (χ2v) is 7.94. The number of nitrogens with one attached hydrogen (secondary N) is 1. The average molecular weight is 405 g/mol. The summed E-state index contributed by atoms with van der Waals surface area (Å²) < 4.78 is 0. The van der Waals surface area contributed by atoms with Gasteiger partial charge in [0.1, 0.15) is 6.54 Å². The zero-order chi connectivity index (χ0) is 20.7. The van der Waals surface area contributed by atoms with Crippen molar-refractivity contribution in [1.82, 2.24) is 9.88 Å². The first-order valence-electron chi connectivity index (χ1n) is 9.14. The molecule has 1 aliphatic rings. The molecule has 3 aromatic rings. The molecule has 29 heavy (non-hydrogen) atoms. The predicted molar refractivity (Wildman–Crippen MR) is 112 cm³/mol. The molecular formula is C22H19N3O3S. The number of aryl methyl sites for hydroxylation is 3. The van der Waals surface area contributed by atoms with E-state index in [2.05, 4.69) is 36.3 Å². The van der Waals surface area contributed by atoms with Crippen molar-refractivity contribution in [1.29, 1.82) is 0 Å². The van der Waals surface area contributed by atoms with Crippen molar-refractivity contribution < 1.29 is 14.4 Å². The third-order valence-corrected chi connectivity index (χ3v) is 5.80. The highest BCUT2D eigenvalue weighted by Crippen LogP contribution is 2.29. The Kier molecular flexibility index (Phi) is 4.76. The minimum absolute atomic E-state index is 0.326. The van der Waals surface area contributed by atoms with Gasteiger partial charge < -0.3 is 5.32 Å². The van der Waals surface area contributed by atoms with Crippen molar-refractivity contribution in [2.24, 2.45) is 0 Å². The highest BCUT2D eigenvalue weighted by molar-refractivity contribution is 7.14. The number of nitrogens with zero attached hydrogens (tertiary/aromatic N) is 2. The maximum Gasteiger partial charge on any atom is 0.262 e. The zero-order valence-electron chi connectivity index (χ0n) is 16.3. The molecule has 6 nitrogen and oxygen atoms in total. The minimum atomic E-state index is -0.461. The molecule has 146 valence electrons. The summed E-state index contributed by atoms with van der Waals surface area (Å²) >= 11 is 1.31. The van der Waals surface area contributed by atoms with Gasteiger partial charge in [-0.3, -0.25) is 19.3 Å². The van der Waals surface area contributed by atoms with Crippen LogP contribution < -0.4 is 5.32 Å². The van der Waals surface area contributed by atoms with E-state index in [1.165, 1.54) is 22.5 Å². The van der Waals surface area contributed by atoms with Crippen LogP contribution in [0.5, 0.6) is 0 Å². The summed E-state index contributed by atoms with van der Waals surface area (Å²) in [5.41, 5.74) is 5.96. The van der Waals surface area contributed by atoms with E-state index in [1.807, 2.05) is 12.3 Å². The molecule has 1 aliphatic heterocycles. The summed E-state index contributed by atoms with van der Waals surface area (Å²) in [5.74, 6) is -1.37. The molecule has 0 radical (unpaired) electrons. The largest absolute Gasteiger partial charge is 0.300 e. The van der Waals surface area contributed by atoms with Crippen molar-refractivity contribution in [3.05, 3.63) is 69.6 Å². The molecule has 0 saturated carbocycles. The number of thiazole rings is 1. The molecular weight excluding hydrogens is 386 g/mol. The third kappa shape index (κ3) is 3.45. The molecule has 4 rings (SSSR count). The monoisotopic (exact) mass is 405 g/mol. The maximum absolute atomic E-state index is 12.4. The lowest BCUT2D eigenvalue weighted by atomic mass is 9.99. The van der Waals surface area contributed by atoms with E-state index in [0.717, 1.165) is 21.7 Å². The molecule has 0 aliphatic carbocycles. The van der Waals surface area contributed by atoms with Gasteiger partial charge in [0.15, 0.2) is 5.13 Å². The molecule has 0 spiro atoms. The van der Waals surface area contributed by atoms with Gasteiger partial charge in [0.05, 0.1) is 16.8 Å². The van der Waals surface area contributed by atoms with Gasteiger partial charge in [-0.1, -0.05) is 18.2 Å². The van der Waals surface area contributed by atoms with Gasteiger partial charge in [0.2, 0.25) is 5.91 Å². The molecule has 0 atom stereocenters. The van der Waals surface area contributed by atoms with Crippen LogP contribution in [0.25, 0.3) is 11.3 Å². The minimum Gasteiger partial charge on any atom is -0.300 e. The molecule has 0 fully saturated rings. The second-order valence-electron chi connectivity index (χ2n) is 7.08. The van der Waals surface area contributed by atoms with Crippen LogP contribution in [0.4, 0.5) is 5.13 Å². The topological polar surface area (TPSA) is 79.4 Å². The van der Waals surface area contributed by atoms with Crippen LogP contribution in [0.1, 0.15) is 37.4 Å². The molecule has 0 saturated heterocycles. The first kappa shape index (κ1) is 19.0. The van der Waals surface area contributed by atoms with Crippen LogP contribution >= 0.6 is 11.3 Å². The summed E-state index contributed by atoms with van der Waals surface area (Å²) in [5, 5.41) is 5.01. The lowest BCUT2D eigenvalue weighted by molar-refractivity contribution is -0.116.